The van der Waals surface area contributed by atoms with Crippen molar-refractivity contribution in [3.05, 3.63) is 53.9 Å². The number of pyridine rings is 1. The molecule has 0 spiro atoms. The van der Waals surface area contributed by atoms with Gasteiger partial charge in [-0.3, -0.25) is 4.98 Å². The Bertz CT molecular complexity index is 497. The summed E-state index contributed by atoms with van der Waals surface area (Å²) in [4.78, 5) is 4.00. The zero-order chi connectivity index (χ0) is 12.3. The second kappa shape index (κ2) is 4.87. The van der Waals surface area contributed by atoms with Gasteiger partial charge < -0.3 is 10.4 Å². The molecule has 0 fully saturated rings. The number of aryl methyl sites for hydroxylation is 1. The fraction of sp³-hybridized carbons (Fsp3) is 0.214. The number of nitrogens with one attached hydrogen (secondary N) is 1. The van der Waals surface area contributed by atoms with Crippen LogP contribution in [0, 0.1) is 6.92 Å². The largest absolute Gasteiger partial charge is 0.508 e. The predicted octanol–water partition coefficient (Wildman–Crippen LogP) is 3.27. The minimum Gasteiger partial charge on any atom is -0.508 e. The number of benzene rings is 1. The van der Waals surface area contributed by atoms with E-state index in [2.05, 4.69) is 17.2 Å². The number of anilines is 1. The standard InChI is InChI=1S/C14H16N2O/c1-10-9-13(17)3-4-14(10)16-11(2)12-5-7-15-8-6-12/h3-9,11,16-17H,1-2H3. The van der Waals surface area contributed by atoms with Gasteiger partial charge in [-0.1, -0.05) is 0 Å². The SMILES string of the molecule is Cc1cc(O)ccc1NC(C)c1ccncc1. The van der Waals surface area contributed by atoms with Gasteiger partial charge in [-0.2, -0.15) is 0 Å². The summed E-state index contributed by atoms with van der Waals surface area (Å²) >= 11 is 0. The summed E-state index contributed by atoms with van der Waals surface area (Å²) in [6.07, 6.45) is 3.58. The smallest absolute Gasteiger partial charge is 0.115 e. The number of aromatic nitrogens is 1. The molecule has 1 atom stereocenters. The summed E-state index contributed by atoms with van der Waals surface area (Å²) in [6, 6.07) is 9.53. The molecule has 0 saturated heterocycles. The molecule has 2 N–H and O–H groups in total. The Morgan fingerprint density at radius 1 is 1.18 bits per heavy atom. The van der Waals surface area contributed by atoms with Crippen molar-refractivity contribution in [3.8, 4) is 5.75 Å². The van der Waals surface area contributed by atoms with Crippen LogP contribution in [0.3, 0.4) is 0 Å². The van der Waals surface area contributed by atoms with Gasteiger partial charge in [0.2, 0.25) is 0 Å². The second-order valence-corrected chi connectivity index (χ2v) is 4.15. The van der Waals surface area contributed by atoms with Crippen LogP contribution in [0.15, 0.2) is 42.7 Å². The molecule has 17 heavy (non-hydrogen) atoms. The summed E-state index contributed by atoms with van der Waals surface area (Å²) in [5, 5.41) is 12.8. The third-order valence-electron chi connectivity index (χ3n) is 2.79. The van der Waals surface area contributed by atoms with E-state index < -0.39 is 0 Å². The first-order valence-corrected chi connectivity index (χ1v) is 5.63. The van der Waals surface area contributed by atoms with Crippen LogP contribution in [0.4, 0.5) is 5.69 Å². The molecule has 2 aromatic rings. The fourth-order valence-corrected chi connectivity index (χ4v) is 1.78. The lowest BCUT2D eigenvalue weighted by atomic mass is 10.1. The van der Waals surface area contributed by atoms with Crippen LogP contribution >= 0.6 is 0 Å². The van der Waals surface area contributed by atoms with Crippen LogP contribution in [0.5, 0.6) is 5.75 Å². The molecule has 1 aromatic heterocycles. The summed E-state index contributed by atoms with van der Waals surface area (Å²) in [7, 11) is 0. The first-order chi connectivity index (χ1) is 8.16. The van der Waals surface area contributed by atoms with E-state index in [0.29, 0.717) is 5.75 Å². The van der Waals surface area contributed by atoms with Crippen molar-refractivity contribution < 1.29 is 5.11 Å². The zero-order valence-corrected chi connectivity index (χ0v) is 10.0. The molecule has 0 radical (unpaired) electrons. The maximum absolute atomic E-state index is 9.35. The Balaban J connectivity index is 2.16. The minimum absolute atomic E-state index is 0.209. The Morgan fingerprint density at radius 3 is 2.53 bits per heavy atom. The van der Waals surface area contributed by atoms with E-state index in [1.54, 1.807) is 24.5 Å². The molecule has 3 nitrogen and oxygen atoms in total. The fourth-order valence-electron chi connectivity index (χ4n) is 1.78. The van der Waals surface area contributed by atoms with Crippen molar-refractivity contribution in [2.24, 2.45) is 0 Å². The quantitative estimate of drug-likeness (QED) is 0.792. The number of phenolic OH excluding ortho intramolecular Hbond substituents is 1. The van der Waals surface area contributed by atoms with Crippen LogP contribution in [-0.2, 0) is 0 Å². The average Bonchev–Trinajstić information content (AvgIpc) is 2.34. The highest BCUT2D eigenvalue weighted by Gasteiger charge is 2.06. The van der Waals surface area contributed by atoms with Gasteiger partial charge >= 0.3 is 0 Å². The molecule has 0 aliphatic rings. The average molecular weight is 228 g/mol. The van der Waals surface area contributed by atoms with E-state index in [1.807, 2.05) is 25.1 Å². The summed E-state index contributed by atoms with van der Waals surface area (Å²) in [5.74, 6) is 0.296. The molecule has 3 heteroatoms. The summed E-state index contributed by atoms with van der Waals surface area (Å²) < 4.78 is 0. The molecule has 0 saturated carbocycles. The van der Waals surface area contributed by atoms with Gasteiger partial charge in [0.1, 0.15) is 5.75 Å². The normalized spacial score (nSPS) is 12.1. The van der Waals surface area contributed by atoms with E-state index in [4.69, 9.17) is 0 Å². The van der Waals surface area contributed by atoms with Gasteiger partial charge in [-0.05, 0) is 55.3 Å². The van der Waals surface area contributed by atoms with Gasteiger partial charge in [0.15, 0.2) is 0 Å². The van der Waals surface area contributed by atoms with Crippen LogP contribution in [-0.4, -0.2) is 10.1 Å². The number of rotatable bonds is 3. The Morgan fingerprint density at radius 2 is 1.88 bits per heavy atom. The zero-order valence-electron chi connectivity index (χ0n) is 10.0. The lowest BCUT2D eigenvalue weighted by molar-refractivity contribution is 0.475. The maximum atomic E-state index is 9.35. The van der Waals surface area contributed by atoms with E-state index in [-0.39, 0.29) is 6.04 Å². The van der Waals surface area contributed by atoms with Crippen LogP contribution in [0.1, 0.15) is 24.1 Å². The van der Waals surface area contributed by atoms with Crippen LogP contribution < -0.4 is 5.32 Å². The highest BCUT2D eigenvalue weighted by atomic mass is 16.3. The van der Waals surface area contributed by atoms with Crippen LogP contribution in [0.2, 0.25) is 0 Å². The highest BCUT2D eigenvalue weighted by molar-refractivity contribution is 5.54. The van der Waals surface area contributed by atoms with Gasteiger partial charge in [0.05, 0.1) is 0 Å². The van der Waals surface area contributed by atoms with Crippen molar-refractivity contribution in [2.45, 2.75) is 19.9 Å². The third kappa shape index (κ3) is 2.75. The molecule has 0 aliphatic carbocycles. The molecule has 1 aromatic carbocycles. The third-order valence-corrected chi connectivity index (χ3v) is 2.79. The first kappa shape index (κ1) is 11.5. The molecular weight excluding hydrogens is 212 g/mol. The monoisotopic (exact) mass is 228 g/mol. The molecule has 0 aliphatic heterocycles. The minimum atomic E-state index is 0.209. The summed E-state index contributed by atoms with van der Waals surface area (Å²) in [6.45, 7) is 4.07. The van der Waals surface area contributed by atoms with Gasteiger partial charge in [-0.15, -0.1) is 0 Å². The van der Waals surface area contributed by atoms with E-state index in [9.17, 15) is 5.11 Å². The molecule has 1 unspecified atom stereocenters. The van der Waals surface area contributed by atoms with Crippen molar-refractivity contribution in [1.29, 1.82) is 0 Å². The number of hydrogen-bond donors (Lipinski definition) is 2. The van der Waals surface area contributed by atoms with Gasteiger partial charge in [-0.25, -0.2) is 0 Å². The summed E-state index contributed by atoms with van der Waals surface area (Å²) in [5.41, 5.74) is 3.26. The highest BCUT2D eigenvalue weighted by Crippen LogP contribution is 2.24. The molecule has 0 amide bonds. The van der Waals surface area contributed by atoms with Crippen molar-refractivity contribution in [3.63, 3.8) is 0 Å². The Kier molecular flexibility index (Phi) is 3.28. The number of aromatic hydroxyl groups is 1. The predicted molar refractivity (Wildman–Crippen MR) is 69.1 cm³/mol. The van der Waals surface area contributed by atoms with Crippen molar-refractivity contribution in [2.75, 3.05) is 5.32 Å². The topological polar surface area (TPSA) is 45.1 Å². The lowest BCUT2D eigenvalue weighted by Gasteiger charge is -2.17. The molecule has 88 valence electrons. The number of nitrogens with zero attached hydrogens (tertiary/aromatic N) is 1. The molecule has 2 rings (SSSR count). The second-order valence-electron chi connectivity index (χ2n) is 4.15. The van der Waals surface area contributed by atoms with Gasteiger partial charge in [0, 0.05) is 24.1 Å². The Labute approximate surface area is 101 Å². The van der Waals surface area contributed by atoms with E-state index in [0.717, 1.165) is 11.3 Å². The van der Waals surface area contributed by atoms with Crippen molar-refractivity contribution >= 4 is 5.69 Å². The maximum Gasteiger partial charge on any atom is 0.115 e. The van der Waals surface area contributed by atoms with E-state index >= 15 is 0 Å². The van der Waals surface area contributed by atoms with Crippen LogP contribution in [0.25, 0.3) is 0 Å². The molecular formula is C14H16N2O. The first-order valence-electron chi connectivity index (χ1n) is 5.63. The lowest BCUT2D eigenvalue weighted by Crippen LogP contribution is -2.07. The van der Waals surface area contributed by atoms with Crippen molar-refractivity contribution in [1.82, 2.24) is 4.98 Å². The molecule has 1 heterocycles. The number of hydrogen-bond acceptors (Lipinski definition) is 3. The number of phenols is 1. The van der Waals surface area contributed by atoms with Gasteiger partial charge in [0.25, 0.3) is 0 Å². The van der Waals surface area contributed by atoms with E-state index in [1.165, 1.54) is 5.56 Å². The molecule has 0 bridgehead atoms. The Hall–Kier alpha value is -2.03.